The highest BCUT2D eigenvalue weighted by atomic mass is 79.9. The summed E-state index contributed by atoms with van der Waals surface area (Å²) in [5, 5.41) is 0. The molecule has 0 spiro atoms. The van der Waals surface area contributed by atoms with Gasteiger partial charge < -0.3 is 5.73 Å². The molecule has 2 nitrogen and oxygen atoms in total. The molecule has 2 N–H and O–H groups in total. The SMILES string of the molecule is Nc1cc(Br)cc(C(=O)CCl)c1. The summed E-state index contributed by atoms with van der Waals surface area (Å²) in [6, 6.07) is 5.03. The standard InChI is InChI=1S/C8H7BrClNO/c9-6-1-5(8(12)4-10)2-7(11)3-6/h1-3H,4,11H2. The molecule has 0 aliphatic heterocycles. The van der Waals surface area contributed by atoms with Gasteiger partial charge in [0.2, 0.25) is 0 Å². The van der Waals surface area contributed by atoms with E-state index in [0.717, 1.165) is 4.47 Å². The van der Waals surface area contributed by atoms with Crippen LogP contribution in [0.25, 0.3) is 0 Å². The predicted octanol–water partition coefficient (Wildman–Crippen LogP) is 2.45. The zero-order chi connectivity index (χ0) is 9.14. The Morgan fingerprint density at radius 1 is 1.50 bits per heavy atom. The van der Waals surface area contributed by atoms with Gasteiger partial charge in [-0.2, -0.15) is 0 Å². The van der Waals surface area contributed by atoms with Crippen LogP contribution in [-0.4, -0.2) is 11.7 Å². The molecule has 0 heterocycles. The van der Waals surface area contributed by atoms with Gasteiger partial charge in [-0.15, -0.1) is 11.6 Å². The minimum absolute atomic E-state index is 0.0180. The number of benzene rings is 1. The monoisotopic (exact) mass is 247 g/mol. The molecular weight excluding hydrogens is 241 g/mol. The van der Waals surface area contributed by atoms with Gasteiger partial charge in [0.25, 0.3) is 0 Å². The van der Waals surface area contributed by atoms with Gasteiger partial charge in [-0.3, -0.25) is 4.79 Å². The Labute approximate surface area is 83.8 Å². The Hall–Kier alpha value is -0.540. The Balaban J connectivity index is 3.08. The lowest BCUT2D eigenvalue weighted by molar-refractivity contribution is 0.102. The summed E-state index contributed by atoms with van der Waals surface area (Å²) >= 11 is 8.62. The Kier molecular flexibility index (Phi) is 3.12. The van der Waals surface area contributed by atoms with Crippen LogP contribution >= 0.6 is 27.5 Å². The number of nitrogen functional groups attached to an aromatic ring is 1. The van der Waals surface area contributed by atoms with Crippen LogP contribution in [0.5, 0.6) is 0 Å². The van der Waals surface area contributed by atoms with E-state index in [1.54, 1.807) is 18.2 Å². The maximum absolute atomic E-state index is 11.1. The van der Waals surface area contributed by atoms with E-state index in [1.807, 2.05) is 0 Å². The van der Waals surface area contributed by atoms with Crippen molar-refractivity contribution in [3.63, 3.8) is 0 Å². The number of hydrogen-bond donors (Lipinski definition) is 1. The van der Waals surface area contributed by atoms with Crippen molar-refractivity contribution in [2.75, 3.05) is 11.6 Å². The van der Waals surface area contributed by atoms with Crippen molar-refractivity contribution in [2.24, 2.45) is 0 Å². The van der Waals surface area contributed by atoms with Crippen LogP contribution in [-0.2, 0) is 0 Å². The highest BCUT2D eigenvalue weighted by Gasteiger charge is 2.04. The summed E-state index contributed by atoms with van der Waals surface area (Å²) in [7, 11) is 0. The summed E-state index contributed by atoms with van der Waals surface area (Å²) in [5.74, 6) is -0.139. The molecular formula is C8H7BrClNO. The van der Waals surface area contributed by atoms with Crippen LogP contribution in [0.1, 0.15) is 10.4 Å². The molecule has 0 aromatic heterocycles. The van der Waals surface area contributed by atoms with Crippen LogP contribution in [0.4, 0.5) is 5.69 Å². The average Bonchev–Trinajstić information content (AvgIpc) is 2.01. The zero-order valence-corrected chi connectivity index (χ0v) is 8.52. The second-order valence-electron chi connectivity index (χ2n) is 2.33. The van der Waals surface area contributed by atoms with E-state index in [-0.39, 0.29) is 11.7 Å². The van der Waals surface area contributed by atoms with E-state index in [1.165, 1.54) is 0 Å². The molecule has 0 fully saturated rings. The van der Waals surface area contributed by atoms with E-state index in [0.29, 0.717) is 11.3 Å². The third-order valence-corrected chi connectivity index (χ3v) is 2.06. The fraction of sp³-hybridized carbons (Fsp3) is 0.125. The van der Waals surface area contributed by atoms with Crippen LogP contribution in [0.15, 0.2) is 22.7 Å². The summed E-state index contributed by atoms with van der Waals surface area (Å²) in [6.45, 7) is 0. The van der Waals surface area contributed by atoms with Crippen LogP contribution in [0.3, 0.4) is 0 Å². The van der Waals surface area contributed by atoms with Crippen molar-refractivity contribution in [3.05, 3.63) is 28.2 Å². The molecule has 0 saturated heterocycles. The highest BCUT2D eigenvalue weighted by Crippen LogP contribution is 2.17. The summed E-state index contributed by atoms with van der Waals surface area (Å²) in [5.41, 5.74) is 6.62. The number of ketones is 1. The number of alkyl halides is 1. The normalized spacial score (nSPS) is 9.83. The Morgan fingerprint density at radius 2 is 2.17 bits per heavy atom. The average molecular weight is 249 g/mol. The fourth-order valence-electron chi connectivity index (χ4n) is 0.850. The van der Waals surface area contributed by atoms with E-state index >= 15 is 0 Å². The first-order valence-electron chi connectivity index (χ1n) is 3.28. The molecule has 0 amide bonds. The molecule has 0 atom stereocenters. The lowest BCUT2D eigenvalue weighted by Crippen LogP contribution is -2.01. The van der Waals surface area contributed by atoms with Crippen molar-refractivity contribution in [1.82, 2.24) is 0 Å². The van der Waals surface area contributed by atoms with Gasteiger partial charge in [0, 0.05) is 15.7 Å². The van der Waals surface area contributed by atoms with Gasteiger partial charge >= 0.3 is 0 Å². The quantitative estimate of drug-likeness (QED) is 0.496. The maximum Gasteiger partial charge on any atom is 0.177 e. The first-order valence-corrected chi connectivity index (χ1v) is 4.61. The topological polar surface area (TPSA) is 43.1 Å². The first kappa shape index (κ1) is 9.55. The number of Topliss-reactive ketones (excluding diaryl/α,β-unsaturated/α-hetero) is 1. The van der Waals surface area contributed by atoms with E-state index in [9.17, 15) is 4.79 Å². The van der Waals surface area contributed by atoms with Gasteiger partial charge in [-0.05, 0) is 18.2 Å². The minimum atomic E-state index is -0.121. The van der Waals surface area contributed by atoms with Gasteiger partial charge in [0.15, 0.2) is 5.78 Å². The first-order chi connectivity index (χ1) is 5.63. The predicted molar refractivity (Wildman–Crippen MR) is 53.6 cm³/mol. The summed E-state index contributed by atoms with van der Waals surface area (Å²) in [6.07, 6.45) is 0. The molecule has 1 aromatic carbocycles. The smallest absolute Gasteiger partial charge is 0.177 e. The van der Waals surface area contributed by atoms with Crippen molar-refractivity contribution >= 4 is 39.0 Å². The third kappa shape index (κ3) is 2.22. The molecule has 1 aromatic rings. The molecule has 4 heteroatoms. The fourth-order valence-corrected chi connectivity index (χ4v) is 1.52. The zero-order valence-electron chi connectivity index (χ0n) is 6.18. The molecule has 1 rings (SSSR count). The number of carbonyl (C=O) groups excluding carboxylic acids is 1. The van der Waals surface area contributed by atoms with E-state index in [4.69, 9.17) is 17.3 Å². The molecule has 0 aliphatic carbocycles. The molecule has 64 valence electrons. The number of halogens is 2. The van der Waals surface area contributed by atoms with E-state index < -0.39 is 0 Å². The second kappa shape index (κ2) is 3.92. The number of hydrogen-bond acceptors (Lipinski definition) is 2. The summed E-state index contributed by atoms with van der Waals surface area (Å²) in [4.78, 5) is 11.1. The maximum atomic E-state index is 11.1. The van der Waals surface area contributed by atoms with Crippen LogP contribution < -0.4 is 5.73 Å². The molecule has 12 heavy (non-hydrogen) atoms. The van der Waals surface area contributed by atoms with Crippen molar-refractivity contribution < 1.29 is 4.79 Å². The van der Waals surface area contributed by atoms with Crippen LogP contribution in [0.2, 0.25) is 0 Å². The number of anilines is 1. The van der Waals surface area contributed by atoms with Gasteiger partial charge in [0.1, 0.15) is 0 Å². The lowest BCUT2D eigenvalue weighted by Gasteiger charge is -1.99. The summed E-state index contributed by atoms with van der Waals surface area (Å²) < 4.78 is 0.788. The minimum Gasteiger partial charge on any atom is -0.399 e. The van der Waals surface area contributed by atoms with Gasteiger partial charge in [-0.25, -0.2) is 0 Å². The number of nitrogens with two attached hydrogens (primary N) is 1. The Bertz CT molecular complexity index is 294. The highest BCUT2D eigenvalue weighted by molar-refractivity contribution is 9.10. The number of rotatable bonds is 2. The van der Waals surface area contributed by atoms with Crippen molar-refractivity contribution in [1.29, 1.82) is 0 Å². The van der Waals surface area contributed by atoms with Gasteiger partial charge in [0.05, 0.1) is 5.88 Å². The molecule has 0 aliphatic rings. The Morgan fingerprint density at radius 3 is 2.67 bits per heavy atom. The third-order valence-electron chi connectivity index (χ3n) is 1.36. The molecule has 0 unspecified atom stereocenters. The molecule has 0 bridgehead atoms. The molecule has 0 radical (unpaired) electrons. The number of carbonyl (C=O) groups is 1. The second-order valence-corrected chi connectivity index (χ2v) is 3.51. The van der Waals surface area contributed by atoms with Crippen LogP contribution in [0, 0.1) is 0 Å². The molecule has 0 saturated carbocycles. The largest absolute Gasteiger partial charge is 0.399 e. The van der Waals surface area contributed by atoms with Gasteiger partial charge in [-0.1, -0.05) is 15.9 Å². The van der Waals surface area contributed by atoms with Crippen molar-refractivity contribution in [2.45, 2.75) is 0 Å². The van der Waals surface area contributed by atoms with Crippen molar-refractivity contribution in [3.8, 4) is 0 Å². The van der Waals surface area contributed by atoms with E-state index in [2.05, 4.69) is 15.9 Å². The lowest BCUT2D eigenvalue weighted by atomic mass is 10.1.